The van der Waals surface area contributed by atoms with Gasteiger partial charge in [0.1, 0.15) is 5.75 Å². The molecule has 0 amide bonds. The van der Waals surface area contributed by atoms with E-state index in [1.807, 2.05) is 6.07 Å². The van der Waals surface area contributed by atoms with Crippen LogP contribution in [0.25, 0.3) is 0 Å². The molecule has 3 heteroatoms. The molecule has 0 aliphatic rings. The number of para-hydroxylation sites is 1. The number of hydrogen-bond acceptors (Lipinski definition) is 1. The van der Waals surface area contributed by atoms with Crippen LogP contribution in [0.4, 0.5) is 4.11 Å². The third-order valence-electron chi connectivity index (χ3n) is 1.57. The molecular weight excluding hydrogens is 183 g/mol. The van der Waals surface area contributed by atoms with Crippen LogP contribution in [0, 0.1) is 0 Å². The van der Waals surface area contributed by atoms with Gasteiger partial charge >= 0.3 is 8.65 Å². The zero-order valence-electron chi connectivity index (χ0n) is 7.24. The van der Waals surface area contributed by atoms with Gasteiger partial charge in [-0.15, -0.1) is 13.2 Å². The largest absolute Gasteiger partial charge is 0.512 e. The summed E-state index contributed by atoms with van der Waals surface area (Å²) in [6, 6.07) is 8.82. The summed E-state index contributed by atoms with van der Waals surface area (Å²) in [5, 5.41) is 0. The van der Waals surface area contributed by atoms with Crippen molar-refractivity contribution in [3.05, 3.63) is 54.9 Å². The summed E-state index contributed by atoms with van der Waals surface area (Å²) in [4.78, 5) is 0. The third-order valence-corrected chi connectivity index (χ3v) is 3.24. The van der Waals surface area contributed by atoms with Gasteiger partial charge in [0, 0.05) is 0 Å². The Bertz CT molecular complexity index is 289. The Kier molecular flexibility index (Phi) is 3.03. The van der Waals surface area contributed by atoms with Crippen molar-refractivity contribution in [1.82, 2.24) is 0 Å². The SMILES string of the molecule is C=C[Si](F)(C=C)Oc1ccccc1. The second-order valence-corrected chi connectivity index (χ2v) is 4.94. The van der Waals surface area contributed by atoms with Crippen molar-refractivity contribution < 1.29 is 8.53 Å². The molecule has 0 bridgehead atoms. The maximum Gasteiger partial charge on any atom is 0.492 e. The van der Waals surface area contributed by atoms with E-state index in [2.05, 4.69) is 13.2 Å². The Hall–Kier alpha value is -1.35. The van der Waals surface area contributed by atoms with E-state index in [4.69, 9.17) is 4.43 Å². The number of rotatable bonds is 4. The highest BCUT2D eigenvalue weighted by molar-refractivity contribution is 6.77. The van der Waals surface area contributed by atoms with Gasteiger partial charge in [-0.05, 0) is 23.5 Å². The summed E-state index contributed by atoms with van der Waals surface area (Å²) in [5.41, 5.74) is 2.40. The van der Waals surface area contributed by atoms with Gasteiger partial charge in [-0.2, -0.15) is 0 Å². The minimum Gasteiger partial charge on any atom is -0.512 e. The lowest BCUT2D eigenvalue weighted by Gasteiger charge is -2.15. The molecule has 13 heavy (non-hydrogen) atoms. The summed E-state index contributed by atoms with van der Waals surface area (Å²) in [6.45, 7) is 6.78. The Morgan fingerprint density at radius 3 is 2.15 bits per heavy atom. The van der Waals surface area contributed by atoms with Gasteiger partial charge in [-0.1, -0.05) is 18.2 Å². The fraction of sp³-hybridized carbons (Fsp3) is 0. The van der Waals surface area contributed by atoms with Gasteiger partial charge in [0.2, 0.25) is 0 Å². The van der Waals surface area contributed by atoms with Crippen LogP contribution in [-0.4, -0.2) is 8.65 Å². The zero-order valence-corrected chi connectivity index (χ0v) is 8.24. The van der Waals surface area contributed by atoms with Crippen LogP contribution in [0.1, 0.15) is 0 Å². The van der Waals surface area contributed by atoms with Gasteiger partial charge in [0.15, 0.2) is 0 Å². The van der Waals surface area contributed by atoms with Crippen LogP contribution in [0.15, 0.2) is 54.9 Å². The highest BCUT2D eigenvalue weighted by Gasteiger charge is 2.30. The van der Waals surface area contributed by atoms with Crippen LogP contribution in [0.2, 0.25) is 0 Å². The maximum atomic E-state index is 13.6. The zero-order chi connectivity index (χ0) is 9.73. The van der Waals surface area contributed by atoms with Crippen molar-refractivity contribution in [2.75, 3.05) is 0 Å². The Morgan fingerprint density at radius 1 is 1.15 bits per heavy atom. The first kappa shape index (κ1) is 9.73. The van der Waals surface area contributed by atoms with E-state index in [0.717, 1.165) is 0 Å². The molecule has 0 aromatic heterocycles. The molecule has 0 atom stereocenters. The predicted octanol–water partition coefficient (Wildman–Crippen LogP) is 2.93. The predicted molar refractivity (Wildman–Crippen MR) is 54.3 cm³/mol. The number of hydrogen-bond donors (Lipinski definition) is 0. The smallest absolute Gasteiger partial charge is 0.492 e. The van der Waals surface area contributed by atoms with Crippen molar-refractivity contribution in [2.45, 2.75) is 0 Å². The first-order chi connectivity index (χ1) is 6.20. The highest BCUT2D eigenvalue weighted by atomic mass is 28.4. The van der Waals surface area contributed by atoms with Gasteiger partial charge in [-0.25, -0.2) is 0 Å². The molecule has 0 saturated carbocycles. The molecule has 1 rings (SSSR count). The lowest BCUT2D eigenvalue weighted by atomic mass is 10.3. The molecule has 0 saturated heterocycles. The third kappa shape index (κ3) is 2.56. The molecule has 0 unspecified atom stereocenters. The molecule has 0 spiro atoms. The molecule has 0 radical (unpaired) electrons. The minimum atomic E-state index is -3.41. The molecule has 1 aromatic carbocycles. The van der Waals surface area contributed by atoms with Crippen molar-refractivity contribution in [3.8, 4) is 5.75 Å². The quantitative estimate of drug-likeness (QED) is 0.529. The standard InChI is InChI=1S/C10H11FOSi/c1-3-13(11,4-2)12-10-8-6-5-7-9-10/h3-9H,1-2H2. The average Bonchev–Trinajstić information content (AvgIpc) is 2.19. The first-order valence-corrected chi connectivity index (χ1v) is 5.84. The normalized spacial score (nSPS) is 10.5. The number of halogens is 1. The van der Waals surface area contributed by atoms with E-state index in [1.54, 1.807) is 24.3 Å². The van der Waals surface area contributed by atoms with E-state index in [0.29, 0.717) is 5.75 Å². The van der Waals surface area contributed by atoms with E-state index in [-0.39, 0.29) is 0 Å². The van der Waals surface area contributed by atoms with Crippen LogP contribution >= 0.6 is 0 Å². The van der Waals surface area contributed by atoms with Gasteiger partial charge < -0.3 is 4.43 Å². The maximum absolute atomic E-state index is 13.6. The summed E-state index contributed by atoms with van der Waals surface area (Å²) in [6.07, 6.45) is 0. The Balaban J connectivity index is 2.79. The van der Waals surface area contributed by atoms with E-state index < -0.39 is 8.65 Å². The van der Waals surface area contributed by atoms with Crippen LogP contribution in [-0.2, 0) is 0 Å². The van der Waals surface area contributed by atoms with Gasteiger partial charge in [-0.3, -0.25) is 4.11 Å². The summed E-state index contributed by atoms with van der Waals surface area (Å²) in [7, 11) is -3.41. The van der Waals surface area contributed by atoms with Crippen molar-refractivity contribution in [2.24, 2.45) is 0 Å². The molecule has 0 N–H and O–H groups in total. The van der Waals surface area contributed by atoms with E-state index in [9.17, 15) is 4.11 Å². The van der Waals surface area contributed by atoms with Crippen LogP contribution in [0.5, 0.6) is 5.75 Å². The van der Waals surface area contributed by atoms with Crippen molar-refractivity contribution in [1.29, 1.82) is 0 Å². The molecule has 0 aliphatic carbocycles. The lowest BCUT2D eigenvalue weighted by Crippen LogP contribution is -2.32. The lowest BCUT2D eigenvalue weighted by molar-refractivity contribution is 0.492. The van der Waals surface area contributed by atoms with Crippen molar-refractivity contribution in [3.63, 3.8) is 0 Å². The summed E-state index contributed by atoms with van der Waals surface area (Å²) >= 11 is 0. The second kappa shape index (κ2) is 4.05. The second-order valence-electron chi connectivity index (χ2n) is 2.52. The molecule has 1 aromatic rings. The highest BCUT2D eigenvalue weighted by Crippen LogP contribution is 2.17. The van der Waals surface area contributed by atoms with Crippen LogP contribution in [0.3, 0.4) is 0 Å². The average molecular weight is 194 g/mol. The Morgan fingerprint density at radius 2 is 1.69 bits per heavy atom. The fourth-order valence-electron chi connectivity index (χ4n) is 0.836. The van der Waals surface area contributed by atoms with Crippen LogP contribution < -0.4 is 4.43 Å². The van der Waals surface area contributed by atoms with E-state index >= 15 is 0 Å². The first-order valence-electron chi connectivity index (χ1n) is 3.90. The topological polar surface area (TPSA) is 9.23 Å². The molecule has 68 valence electrons. The minimum absolute atomic E-state index is 0.511. The molecule has 0 aliphatic heterocycles. The van der Waals surface area contributed by atoms with E-state index in [1.165, 1.54) is 11.4 Å². The molecule has 0 heterocycles. The van der Waals surface area contributed by atoms with Gasteiger partial charge in [0.05, 0.1) is 0 Å². The summed E-state index contributed by atoms with van der Waals surface area (Å²) in [5.74, 6) is 0.511. The molecule has 0 fully saturated rings. The fourth-order valence-corrected chi connectivity index (χ4v) is 1.67. The monoisotopic (exact) mass is 194 g/mol. The van der Waals surface area contributed by atoms with Gasteiger partial charge in [0.25, 0.3) is 0 Å². The summed E-state index contributed by atoms with van der Waals surface area (Å²) < 4.78 is 18.8. The van der Waals surface area contributed by atoms with Crippen molar-refractivity contribution >= 4 is 8.65 Å². The molecular formula is C10H11FOSi. The molecule has 1 nitrogen and oxygen atoms in total. The Labute approximate surface area is 78.5 Å². The number of benzene rings is 1.